The summed E-state index contributed by atoms with van der Waals surface area (Å²) in [4.78, 5) is 2.56. The second kappa shape index (κ2) is 8.93. The summed E-state index contributed by atoms with van der Waals surface area (Å²) in [7, 11) is 0. The zero-order valence-electron chi connectivity index (χ0n) is 12.9. The number of hydrogen-bond donors (Lipinski definition) is 1. The third kappa shape index (κ3) is 9.61. The van der Waals surface area contributed by atoms with Gasteiger partial charge in [-0.15, -0.1) is 0 Å². The van der Waals surface area contributed by atoms with Crippen LogP contribution in [0.1, 0.15) is 54.4 Å². The maximum atomic E-state index is 6.19. The second-order valence-corrected chi connectivity index (χ2v) is 6.57. The van der Waals surface area contributed by atoms with Gasteiger partial charge in [-0.2, -0.15) is 0 Å². The van der Waals surface area contributed by atoms with E-state index in [-0.39, 0.29) is 0 Å². The van der Waals surface area contributed by atoms with E-state index in [0.717, 1.165) is 18.4 Å². The highest BCUT2D eigenvalue weighted by molar-refractivity contribution is 4.72. The molecule has 104 valence electrons. The van der Waals surface area contributed by atoms with Gasteiger partial charge in [0.2, 0.25) is 0 Å². The van der Waals surface area contributed by atoms with Gasteiger partial charge in [0, 0.05) is 12.6 Å². The van der Waals surface area contributed by atoms with Crippen molar-refractivity contribution < 1.29 is 0 Å². The summed E-state index contributed by atoms with van der Waals surface area (Å²) >= 11 is 0. The highest BCUT2D eigenvalue weighted by Crippen LogP contribution is 2.09. The van der Waals surface area contributed by atoms with Crippen molar-refractivity contribution in [3.05, 3.63) is 0 Å². The monoisotopic (exact) mass is 242 g/mol. The van der Waals surface area contributed by atoms with Gasteiger partial charge in [0.15, 0.2) is 0 Å². The second-order valence-electron chi connectivity index (χ2n) is 6.57. The van der Waals surface area contributed by atoms with Crippen molar-refractivity contribution in [2.45, 2.75) is 60.4 Å². The molecule has 0 amide bonds. The first-order valence-corrected chi connectivity index (χ1v) is 7.30. The minimum Gasteiger partial charge on any atom is -0.326 e. The van der Waals surface area contributed by atoms with Crippen LogP contribution in [0.3, 0.4) is 0 Å². The van der Waals surface area contributed by atoms with Crippen LogP contribution in [-0.4, -0.2) is 30.6 Å². The van der Waals surface area contributed by atoms with Gasteiger partial charge >= 0.3 is 0 Å². The topological polar surface area (TPSA) is 29.3 Å². The molecule has 2 nitrogen and oxygen atoms in total. The van der Waals surface area contributed by atoms with Gasteiger partial charge < -0.3 is 10.6 Å². The summed E-state index contributed by atoms with van der Waals surface area (Å²) in [6.07, 6.45) is 2.56. The van der Waals surface area contributed by atoms with Crippen molar-refractivity contribution in [3.63, 3.8) is 0 Å². The van der Waals surface area contributed by atoms with Gasteiger partial charge in [-0.1, -0.05) is 41.5 Å². The van der Waals surface area contributed by atoms with Crippen LogP contribution in [0.25, 0.3) is 0 Å². The van der Waals surface area contributed by atoms with E-state index in [0.29, 0.717) is 12.0 Å². The average molecular weight is 242 g/mol. The normalized spacial score (nSPS) is 14.3. The van der Waals surface area contributed by atoms with Crippen LogP contribution < -0.4 is 5.73 Å². The molecule has 0 aromatic heterocycles. The smallest absolute Gasteiger partial charge is 0.0191 e. The van der Waals surface area contributed by atoms with Crippen LogP contribution in [0.5, 0.6) is 0 Å². The Morgan fingerprint density at radius 1 is 0.824 bits per heavy atom. The van der Waals surface area contributed by atoms with Gasteiger partial charge in [-0.05, 0) is 43.7 Å². The van der Waals surface area contributed by atoms with E-state index in [4.69, 9.17) is 5.73 Å². The maximum Gasteiger partial charge on any atom is 0.0191 e. The molecular weight excluding hydrogens is 208 g/mol. The van der Waals surface area contributed by atoms with Crippen molar-refractivity contribution in [2.75, 3.05) is 19.6 Å². The lowest BCUT2D eigenvalue weighted by Crippen LogP contribution is -2.42. The SMILES string of the molecule is CC(C)CCN(CCC(C)C)CC(N)C(C)C. The predicted octanol–water partition coefficient (Wildman–Crippen LogP) is 3.36. The van der Waals surface area contributed by atoms with E-state index in [9.17, 15) is 0 Å². The summed E-state index contributed by atoms with van der Waals surface area (Å²) < 4.78 is 0. The summed E-state index contributed by atoms with van der Waals surface area (Å²) in [6, 6.07) is 0.314. The Balaban J connectivity index is 4.09. The Morgan fingerprint density at radius 2 is 1.24 bits per heavy atom. The number of hydrogen-bond acceptors (Lipinski definition) is 2. The van der Waals surface area contributed by atoms with E-state index < -0.39 is 0 Å². The molecule has 0 rings (SSSR count). The molecule has 0 spiro atoms. The molecule has 0 aromatic rings. The molecule has 2 N–H and O–H groups in total. The van der Waals surface area contributed by atoms with Crippen LogP contribution >= 0.6 is 0 Å². The zero-order chi connectivity index (χ0) is 13.4. The highest BCUT2D eigenvalue weighted by atomic mass is 15.1. The first-order valence-electron chi connectivity index (χ1n) is 7.30. The van der Waals surface area contributed by atoms with Gasteiger partial charge in [0.1, 0.15) is 0 Å². The lowest BCUT2D eigenvalue weighted by atomic mass is 10.0. The van der Waals surface area contributed by atoms with Crippen LogP contribution in [0, 0.1) is 17.8 Å². The lowest BCUT2D eigenvalue weighted by molar-refractivity contribution is 0.215. The van der Waals surface area contributed by atoms with Crippen LogP contribution in [0.2, 0.25) is 0 Å². The van der Waals surface area contributed by atoms with E-state index in [1.807, 2.05) is 0 Å². The summed E-state index contributed by atoms with van der Waals surface area (Å²) in [6.45, 7) is 17.1. The van der Waals surface area contributed by atoms with Crippen molar-refractivity contribution in [1.82, 2.24) is 4.90 Å². The summed E-state index contributed by atoms with van der Waals surface area (Å²) in [5.41, 5.74) is 6.19. The minimum atomic E-state index is 0.314. The van der Waals surface area contributed by atoms with Crippen LogP contribution in [0.15, 0.2) is 0 Å². The molecular formula is C15H34N2. The Kier molecular flexibility index (Phi) is 8.89. The molecule has 2 heteroatoms. The molecule has 0 bridgehead atoms. The molecule has 17 heavy (non-hydrogen) atoms. The van der Waals surface area contributed by atoms with E-state index in [2.05, 4.69) is 46.4 Å². The van der Waals surface area contributed by atoms with Crippen molar-refractivity contribution in [3.8, 4) is 0 Å². The standard InChI is InChI=1S/C15H34N2/c1-12(2)7-9-17(10-8-13(3)4)11-15(16)14(5)6/h12-15H,7-11,16H2,1-6H3. The Morgan fingerprint density at radius 3 is 1.53 bits per heavy atom. The van der Waals surface area contributed by atoms with Crippen LogP contribution in [0.4, 0.5) is 0 Å². The number of rotatable bonds is 9. The lowest BCUT2D eigenvalue weighted by Gasteiger charge is -2.28. The minimum absolute atomic E-state index is 0.314. The molecule has 0 aliphatic carbocycles. The molecule has 0 saturated heterocycles. The fraction of sp³-hybridized carbons (Fsp3) is 1.00. The average Bonchev–Trinajstić information content (AvgIpc) is 2.21. The molecule has 0 radical (unpaired) electrons. The fourth-order valence-electron chi connectivity index (χ4n) is 1.68. The van der Waals surface area contributed by atoms with Crippen molar-refractivity contribution >= 4 is 0 Å². The number of nitrogens with zero attached hydrogens (tertiary/aromatic N) is 1. The molecule has 0 fully saturated rings. The maximum absolute atomic E-state index is 6.19. The first kappa shape index (κ1) is 16.9. The van der Waals surface area contributed by atoms with Gasteiger partial charge in [0.05, 0.1) is 0 Å². The van der Waals surface area contributed by atoms with Gasteiger partial charge in [0.25, 0.3) is 0 Å². The Hall–Kier alpha value is -0.0800. The van der Waals surface area contributed by atoms with Crippen molar-refractivity contribution in [1.29, 1.82) is 0 Å². The van der Waals surface area contributed by atoms with Crippen molar-refractivity contribution in [2.24, 2.45) is 23.5 Å². The highest BCUT2D eigenvalue weighted by Gasteiger charge is 2.14. The van der Waals surface area contributed by atoms with Crippen LogP contribution in [-0.2, 0) is 0 Å². The van der Waals surface area contributed by atoms with Gasteiger partial charge in [-0.25, -0.2) is 0 Å². The molecule has 1 unspecified atom stereocenters. The molecule has 0 heterocycles. The predicted molar refractivity (Wildman–Crippen MR) is 78.2 cm³/mol. The van der Waals surface area contributed by atoms with Gasteiger partial charge in [-0.3, -0.25) is 0 Å². The summed E-state index contributed by atoms with van der Waals surface area (Å²) in [5.74, 6) is 2.15. The molecule has 0 aliphatic rings. The Bertz CT molecular complexity index is 164. The first-order chi connectivity index (χ1) is 7.82. The molecule has 0 saturated carbocycles. The van der Waals surface area contributed by atoms with E-state index in [1.54, 1.807) is 0 Å². The quantitative estimate of drug-likeness (QED) is 0.672. The molecule has 1 atom stereocenters. The third-order valence-corrected chi connectivity index (χ3v) is 3.37. The summed E-state index contributed by atoms with van der Waals surface area (Å²) in [5, 5.41) is 0. The zero-order valence-corrected chi connectivity index (χ0v) is 12.9. The molecule has 0 aliphatic heterocycles. The number of nitrogens with two attached hydrogens (primary N) is 1. The molecule has 0 aromatic carbocycles. The fourth-order valence-corrected chi connectivity index (χ4v) is 1.68. The Labute approximate surface area is 109 Å². The van der Waals surface area contributed by atoms with E-state index in [1.165, 1.54) is 25.9 Å². The van der Waals surface area contributed by atoms with E-state index >= 15 is 0 Å². The largest absolute Gasteiger partial charge is 0.326 e. The third-order valence-electron chi connectivity index (χ3n) is 3.37.